The molecule has 0 saturated carbocycles. The smallest absolute Gasteiger partial charge is 0.260 e. The number of aromatic nitrogens is 3. The summed E-state index contributed by atoms with van der Waals surface area (Å²) in [6.45, 7) is 6.69. The van der Waals surface area contributed by atoms with Gasteiger partial charge in [0, 0.05) is 31.0 Å². The lowest BCUT2D eigenvalue weighted by Crippen LogP contribution is -2.32. The van der Waals surface area contributed by atoms with E-state index in [2.05, 4.69) is 11.9 Å². The van der Waals surface area contributed by atoms with Crippen molar-refractivity contribution in [2.45, 2.75) is 46.1 Å². The first-order valence-corrected chi connectivity index (χ1v) is 13.0. The van der Waals surface area contributed by atoms with Crippen LogP contribution in [0.3, 0.4) is 0 Å². The van der Waals surface area contributed by atoms with Gasteiger partial charge in [-0.25, -0.2) is 9.97 Å². The first-order chi connectivity index (χ1) is 17.2. The molecule has 0 aliphatic carbocycles. The number of aryl methyl sites for hydroxylation is 1. The lowest BCUT2D eigenvalue weighted by molar-refractivity contribution is 0.0986. The monoisotopic (exact) mass is 492 g/mol. The Bertz CT molecular complexity index is 1220. The summed E-state index contributed by atoms with van der Waals surface area (Å²) < 4.78 is 14.5. The van der Waals surface area contributed by atoms with Gasteiger partial charge in [-0.2, -0.15) is 0 Å². The van der Waals surface area contributed by atoms with E-state index in [0.29, 0.717) is 30.5 Å². The predicted molar refractivity (Wildman–Crippen MR) is 141 cm³/mol. The number of carbonyl (C=O) groups excluding carboxylic acids is 1. The van der Waals surface area contributed by atoms with Gasteiger partial charge in [-0.3, -0.25) is 9.69 Å². The van der Waals surface area contributed by atoms with E-state index in [1.165, 1.54) is 11.3 Å². The molecule has 0 spiro atoms. The summed E-state index contributed by atoms with van der Waals surface area (Å²) in [6.07, 6.45) is 9.53. The number of benzene rings is 2. The molecule has 0 aliphatic rings. The van der Waals surface area contributed by atoms with E-state index >= 15 is 0 Å². The molecule has 0 unspecified atom stereocenters. The highest BCUT2D eigenvalue weighted by Crippen LogP contribution is 2.32. The summed E-state index contributed by atoms with van der Waals surface area (Å²) in [5.74, 6) is 1.44. The van der Waals surface area contributed by atoms with Gasteiger partial charge in [-0.1, -0.05) is 37.2 Å². The molecule has 0 aliphatic heterocycles. The molecule has 2 aromatic heterocycles. The number of hydrogen-bond acceptors (Lipinski definition) is 6. The van der Waals surface area contributed by atoms with Crippen molar-refractivity contribution in [2.75, 3.05) is 24.7 Å². The highest BCUT2D eigenvalue weighted by atomic mass is 32.1. The predicted octanol–water partition coefficient (Wildman–Crippen LogP) is 6.20. The number of anilines is 1. The van der Waals surface area contributed by atoms with Crippen molar-refractivity contribution < 1.29 is 14.3 Å². The summed E-state index contributed by atoms with van der Waals surface area (Å²) in [5.41, 5.74) is 1.45. The molecule has 0 saturated heterocycles. The van der Waals surface area contributed by atoms with E-state index in [1.807, 2.05) is 60.2 Å². The lowest BCUT2D eigenvalue weighted by atomic mass is 10.2. The van der Waals surface area contributed by atoms with E-state index in [4.69, 9.17) is 14.5 Å². The SMILES string of the molecule is CCCCCOc1cccc(C(=O)N(CCCn2ccnc2)c2nc3ccc(OCC)cc3s2)c1. The van der Waals surface area contributed by atoms with E-state index in [0.717, 1.165) is 53.9 Å². The van der Waals surface area contributed by atoms with Crippen LogP contribution in [0.4, 0.5) is 5.13 Å². The fourth-order valence-corrected chi connectivity index (χ4v) is 4.81. The van der Waals surface area contributed by atoms with Crippen molar-refractivity contribution >= 4 is 32.6 Å². The largest absolute Gasteiger partial charge is 0.494 e. The average Bonchev–Trinajstić information content (AvgIpc) is 3.54. The van der Waals surface area contributed by atoms with Crippen LogP contribution in [-0.2, 0) is 6.54 Å². The van der Waals surface area contributed by atoms with Crippen molar-refractivity contribution in [3.8, 4) is 11.5 Å². The zero-order chi connectivity index (χ0) is 24.5. The van der Waals surface area contributed by atoms with Gasteiger partial charge >= 0.3 is 0 Å². The Morgan fingerprint density at radius 2 is 1.94 bits per heavy atom. The van der Waals surface area contributed by atoms with Crippen molar-refractivity contribution in [2.24, 2.45) is 0 Å². The standard InChI is InChI=1S/C27H32N4O3S/c1-3-5-6-17-34-22-10-7-9-21(18-22)26(32)31(15-8-14-30-16-13-28-20-30)27-29-24-12-11-23(33-4-2)19-25(24)35-27/h7,9-13,16,18-20H,3-6,8,14-15,17H2,1-2H3. The normalized spacial score (nSPS) is 11.0. The average molecular weight is 493 g/mol. The Morgan fingerprint density at radius 1 is 1.06 bits per heavy atom. The quantitative estimate of drug-likeness (QED) is 0.208. The fraction of sp³-hybridized carbons (Fsp3) is 0.370. The maximum absolute atomic E-state index is 13.7. The number of carbonyl (C=O) groups is 1. The van der Waals surface area contributed by atoms with Crippen LogP contribution in [-0.4, -0.2) is 40.2 Å². The lowest BCUT2D eigenvalue weighted by Gasteiger charge is -2.20. The minimum Gasteiger partial charge on any atom is -0.494 e. The van der Waals surface area contributed by atoms with E-state index in [9.17, 15) is 4.79 Å². The molecular weight excluding hydrogens is 460 g/mol. The van der Waals surface area contributed by atoms with Crippen LogP contribution in [0, 0.1) is 0 Å². The molecule has 0 N–H and O–H groups in total. The molecule has 2 heterocycles. The summed E-state index contributed by atoms with van der Waals surface area (Å²) in [7, 11) is 0. The van der Waals surface area contributed by atoms with Gasteiger partial charge in [0.05, 0.1) is 29.8 Å². The molecule has 184 valence electrons. The van der Waals surface area contributed by atoms with Gasteiger partial charge in [0.25, 0.3) is 5.91 Å². The molecule has 4 aromatic rings. The maximum Gasteiger partial charge on any atom is 0.260 e. The van der Waals surface area contributed by atoms with Crippen LogP contribution < -0.4 is 14.4 Å². The number of imidazole rings is 1. The fourth-order valence-electron chi connectivity index (χ4n) is 3.80. The maximum atomic E-state index is 13.7. The van der Waals surface area contributed by atoms with E-state index < -0.39 is 0 Å². The number of nitrogens with zero attached hydrogens (tertiary/aromatic N) is 4. The second-order valence-corrected chi connectivity index (χ2v) is 9.26. The summed E-state index contributed by atoms with van der Waals surface area (Å²) in [5, 5.41) is 0.679. The van der Waals surface area contributed by atoms with Crippen LogP contribution >= 0.6 is 11.3 Å². The van der Waals surface area contributed by atoms with Gasteiger partial charge in [0.1, 0.15) is 11.5 Å². The molecule has 7 nitrogen and oxygen atoms in total. The van der Waals surface area contributed by atoms with Crippen molar-refractivity contribution in [1.82, 2.24) is 14.5 Å². The first-order valence-electron chi connectivity index (χ1n) is 12.2. The van der Waals surface area contributed by atoms with Gasteiger partial charge in [-0.15, -0.1) is 0 Å². The third-order valence-electron chi connectivity index (χ3n) is 5.59. The Balaban J connectivity index is 1.56. The minimum atomic E-state index is -0.0845. The molecular formula is C27H32N4O3S. The zero-order valence-corrected chi connectivity index (χ0v) is 21.2. The molecule has 0 fully saturated rings. The van der Waals surface area contributed by atoms with Crippen LogP contribution in [0.2, 0.25) is 0 Å². The molecule has 2 aromatic carbocycles. The third-order valence-corrected chi connectivity index (χ3v) is 6.63. The summed E-state index contributed by atoms with van der Waals surface area (Å²) >= 11 is 1.50. The number of fused-ring (bicyclic) bond motifs is 1. The van der Waals surface area contributed by atoms with Gasteiger partial charge < -0.3 is 14.0 Å². The Kier molecular flexibility index (Phi) is 8.73. The minimum absolute atomic E-state index is 0.0845. The molecule has 1 amide bonds. The Hall–Kier alpha value is -3.39. The number of thiazole rings is 1. The van der Waals surface area contributed by atoms with Crippen LogP contribution in [0.25, 0.3) is 10.2 Å². The Labute approximate surface area is 210 Å². The van der Waals surface area contributed by atoms with Gasteiger partial charge in [-0.05, 0) is 56.2 Å². The van der Waals surface area contributed by atoms with Crippen LogP contribution in [0.5, 0.6) is 11.5 Å². The second-order valence-electron chi connectivity index (χ2n) is 8.25. The van der Waals surface area contributed by atoms with Crippen molar-refractivity contribution in [3.05, 3.63) is 66.7 Å². The van der Waals surface area contributed by atoms with Crippen molar-refractivity contribution in [1.29, 1.82) is 0 Å². The molecule has 8 heteroatoms. The van der Waals surface area contributed by atoms with E-state index in [1.54, 1.807) is 17.4 Å². The molecule has 0 radical (unpaired) electrons. The van der Waals surface area contributed by atoms with Crippen LogP contribution in [0.1, 0.15) is 49.9 Å². The highest BCUT2D eigenvalue weighted by molar-refractivity contribution is 7.22. The third kappa shape index (κ3) is 6.60. The summed E-state index contributed by atoms with van der Waals surface area (Å²) in [6, 6.07) is 13.3. The first kappa shape index (κ1) is 24.7. The highest BCUT2D eigenvalue weighted by Gasteiger charge is 2.22. The second kappa shape index (κ2) is 12.4. The number of hydrogen-bond donors (Lipinski definition) is 0. The van der Waals surface area contributed by atoms with E-state index in [-0.39, 0.29) is 5.91 Å². The topological polar surface area (TPSA) is 69.5 Å². The zero-order valence-electron chi connectivity index (χ0n) is 20.4. The van der Waals surface area contributed by atoms with Gasteiger partial charge in [0.15, 0.2) is 5.13 Å². The molecule has 0 bridgehead atoms. The number of rotatable bonds is 13. The number of amides is 1. The molecule has 35 heavy (non-hydrogen) atoms. The van der Waals surface area contributed by atoms with Crippen LogP contribution in [0.15, 0.2) is 61.2 Å². The van der Waals surface area contributed by atoms with Crippen molar-refractivity contribution in [3.63, 3.8) is 0 Å². The molecule has 4 rings (SSSR count). The number of ether oxygens (including phenoxy) is 2. The van der Waals surface area contributed by atoms with Gasteiger partial charge in [0.2, 0.25) is 0 Å². The molecule has 0 atom stereocenters. The Morgan fingerprint density at radius 3 is 2.74 bits per heavy atom. The number of unbranched alkanes of at least 4 members (excludes halogenated alkanes) is 2. The summed E-state index contributed by atoms with van der Waals surface area (Å²) in [4.78, 5) is 24.4.